The van der Waals surface area contributed by atoms with Crippen LogP contribution in [0.25, 0.3) is 0 Å². The maximum absolute atomic E-state index is 12.7. The Hall–Kier alpha value is -0.670. The van der Waals surface area contributed by atoms with Gasteiger partial charge in [-0.2, -0.15) is 0 Å². The molecule has 0 aliphatic heterocycles. The van der Waals surface area contributed by atoms with Gasteiger partial charge < -0.3 is 0 Å². The van der Waals surface area contributed by atoms with Crippen molar-refractivity contribution in [2.45, 2.75) is 6.54 Å². The van der Waals surface area contributed by atoms with E-state index in [1.807, 2.05) is 0 Å². The maximum Gasteiger partial charge on any atom is 0.130 e. The van der Waals surface area contributed by atoms with Crippen molar-refractivity contribution in [1.82, 2.24) is 4.84 Å². The predicted molar refractivity (Wildman–Crippen MR) is 39.1 cm³/mol. The first kappa shape index (κ1) is 8.43. The van der Waals surface area contributed by atoms with Crippen molar-refractivity contribution < 1.29 is 8.78 Å². The van der Waals surface area contributed by atoms with Crippen LogP contribution in [0.3, 0.4) is 0 Å². The summed E-state index contributed by atoms with van der Waals surface area (Å²) in [5, 5.41) is 0. The van der Waals surface area contributed by atoms with Gasteiger partial charge in [-0.15, -0.1) is 0 Å². The first-order valence-corrected chi connectivity index (χ1v) is 3.40. The predicted octanol–water partition coefficient (Wildman–Crippen LogP) is 2.21. The van der Waals surface area contributed by atoms with E-state index in [1.165, 1.54) is 18.2 Å². The lowest BCUT2D eigenvalue weighted by atomic mass is 10.2. The standard InChI is InChI=1S/C7H6ClF2N/c8-11-4-5-6(9)2-1-3-7(5)10/h1-3,11H,4H2. The van der Waals surface area contributed by atoms with E-state index in [0.29, 0.717) is 0 Å². The highest BCUT2D eigenvalue weighted by molar-refractivity contribution is 6.13. The summed E-state index contributed by atoms with van der Waals surface area (Å²) >= 11 is 5.10. The van der Waals surface area contributed by atoms with Crippen molar-refractivity contribution in [1.29, 1.82) is 0 Å². The van der Waals surface area contributed by atoms with Gasteiger partial charge in [-0.25, -0.2) is 13.6 Å². The summed E-state index contributed by atoms with van der Waals surface area (Å²) in [6.07, 6.45) is 0. The topological polar surface area (TPSA) is 12.0 Å². The van der Waals surface area contributed by atoms with Gasteiger partial charge in [-0.1, -0.05) is 6.07 Å². The van der Waals surface area contributed by atoms with Crippen LogP contribution in [0.5, 0.6) is 0 Å². The zero-order valence-corrected chi connectivity index (χ0v) is 6.33. The molecular weight excluding hydrogens is 172 g/mol. The molecule has 0 unspecified atom stereocenters. The normalized spacial score (nSPS) is 10.1. The largest absolute Gasteiger partial charge is 0.229 e. The molecule has 60 valence electrons. The highest BCUT2D eigenvalue weighted by atomic mass is 35.5. The van der Waals surface area contributed by atoms with E-state index in [-0.39, 0.29) is 12.1 Å². The van der Waals surface area contributed by atoms with Gasteiger partial charge in [0.15, 0.2) is 0 Å². The van der Waals surface area contributed by atoms with Gasteiger partial charge in [0.05, 0.1) is 0 Å². The van der Waals surface area contributed by atoms with Gasteiger partial charge in [0, 0.05) is 12.1 Å². The van der Waals surface area contributed by atoms with Crippen molar-refractivity contribution in [3.8, 4) is 0 Å². The molecular formula is C7H6ClF2N. The first-order valence-electron chi connectivity index (χ1n) is 3.02. The average molecular weight is 178 g/mol. The van der Waals surface area contributed by atoms with E-state index in [0.717, 1.165) is 0 Å². The first-order chi connectivity index (χ1) is 5.25. The molecule has 0 saturated carbocycles. The number of benzene rings is 1. The Labute approximate surface area is 68.1 Å². The maximum atomic E-state index is 12.7. The Balaban J connectivity index is 3.00. The quantitative estimate of drug-likeness (QED) is 0.683. The van der Waals surface area contributed by atoms with Crippen LogP contribution in [0.4, 0.5) is 8.78 Å². The molecule has 0 radical (unpaired) electrons. The van der Waals surface area contributed by atoms with Crippen LogP contribution in [0.2, 0.25) is 0 Å². The highest BCUT2D eigenvalue weighted by Crippen LogP contribution is 2.11. The molecule has 0 bridgehead atoms. The summed E-state index contributed by atoms with van der Waals surface area (Å²) in [6.45, 7) is -0.0138. The van der Waals surface area contributed by atoms with Gasteiger partial charge in [-0.05, 0) is 23.9 Å². The average Bonchev–Trinajstić information content (AvgIpc) is 1.97. The van der Waals surface area contributed by atoms with Crippen LogP contribution in [0, 0.1) is 11.6 Å². The summed E-state index contributed by atoms with van der Waals surface area (Å²) in [4.78, 5) is 2.16. The Morgan fingerprint density at radius 3 is 2.27 bits per heavy atom. The van der Waals surface area contributed by atoms with E-state index < -0.39 is 11.6 Å². The molecule has 11 heavy (non-hydrogen) atoms. The molecule has 1 aromatic carbocycles. The van der Waals surface area contributed by atoms with Gasteiger partial charge >= 0.3 is 0 Å². The number of hydrogen-bond donors (Lipinski definition) is 1. The molecule has 0 atom stereocenters. The fourth-order valence-corrected chi connectivity index (χ4v) is 0.902. The molecule has 1 aromatic rings. The zero-order chi connectivity index (χ0) is 8.27. The minimum Gasteiger partial charge on any atom is -0.229 e. The van der Waals surface area contributed by atoms with Crippen molar-refractivity contribution >= 4 is 11.8 Å². The zero-order valence-electron chi connectivity index (χ0n) is 5.57. The third-order valence-electron chi connectivity index (χ3n) is 1.31. The second-order valence-electron chi connectivity index (χ2n) is 2.01. The fourth-order valence-electron chi connectivity index (χ4n) is 0.768. The van der Waals surface area contributed by atoms with Crippen LogP contribution in [-0.4, -0.2) is 0 Å². The lowest BCUT2D eigenvalue weighted by Gasteiger charge is -2.00. The van der Waals surface area contributed by atoms with Crippen molar-refractivity contribution in [2.24, 2.45) is 0 Å². The Morgan fingerprint density at radius 2 is 1.82 bits per heavy atom. The molecule has 0 amide bonds. The van der Waals surface area contributed by atoms with Gasteiger partial charge in [0.2, 0.25) is 0 Å². The van der Waals surface area contributed by atoms with Gasteiger partial charge in [0.25, 0.3) is 0 Å². The molecule has 0 aliphatic carbocycles. The molecule has 0 fully saturated rings. The highest BCUT2D eigenvalue weighted by Gasteiger charge is 2.05. The number of hydrogen-bond acceptors (Lipinski definition) is 1. The Morgan fingerprint density at radius 1 is 1.27 bits per heavy atom. The molecule has 0 aromatic heterocycles. The minimum atomic E-state index is -0.585. The third-order valence-corrected chi connectivity index (χ3v) is 1.44. The number of rotatable bonds is 2. The fraction of sp³-hybridized carbons (Fsp3) is 0.143. The van der Waals surface area contributed by atoms with Crippen molar-refractivity contribution in [2.75, 3.05) is 0 Å². The molecule has 1 N–H and O–H groups in total. The smallest absolute Gasteiger partial charge is 0.130 e. The monoisotopic (exact) mass is 177 g/mol. The van der Waals surface area contributed by atoms with E-state index >= 15 is 0 Å². The minimum absolute atomic E-state index is 0.0138. The van der Waals surface area contributed by atoms with Crippen molar-refractivity contribution in [3.05, 3.63) is 35.4 Å². The summed E-state index contributed by atoms with van der Waals surface area (Å²) in [5.74, 6) is -1.17. The summed E-state index contributed by atoms with van der Waals surface area (Å²) in [7, 11) is 0. The van der Waals surface area contributed by atoms with Crippen LogP contribution in [0.15, 0.2) is 18.2 Å². The van der Waals surface area contributed by atoms with E-state index in [9.17, 15) is 8.78 Å². The van der Waals surface area contributed by atoms with E-state index in [2.05, 4.69) is 4.84 Å². The second-order valence-corrected chi connectivity index (χ2v) is 2.28. The number of nitrogens with one attached hydrogen (secondary N) is 1. The summed E-state index contributed by atoms with van der Waals surface area (Å²) < 4.78 is 25.4. The van der Waals surface area contributed by atoms with E-state index in [4.69, 9.17) is 11.8 Å². The van der Waals surface area contributed by atoms with Gasteiger partial charge in [-0.3, -0.25) is 0 Å². The van der Waals surface area contributed by atoms with E-state index in [1.54, 1.807) is 0 Å². The lowest BCUT2D eigenvalue weighted by molar-refractivity contribution is 0.553. The summed E-state index contributed by atoms with van der Waals surface area (Å²) in [6, 6.07) is 3.68. The molecule has 0 saturated heterocycles. The van der Waals surface area contributed by atoms with Crippen LogP contribution in [0.1, 0.15) is 5.56 Å². The third kappa shape index (κ3) is 1.88. The Bertz CT molecular complexity index is 232. The molecule has 0 heterocycles. The lowest BCUT2D eigenvalue weighted by Crippen LogP contribution is -2.03. The molecule has 0 aliphatic rings. The second kappa shape index (κ2) is 3.64. The molecule has 1 nitrogen and oxygen atoms in total. The SMILES string of the molecule is Fc1cccc(F)c1CNCl. The van der Waals surface area contributed by atoms with Crippen LogP contribution in [-0.2, 0) is 6.54 Å². The molecule has 0 spiro atoms. The van der Waals surface area contributed by atoms with Gasteiger partial charge in [0.1, 0.15) is 11.6 Å². The Kier molecular flexibility index (Phi) is 2.79. The van der Waals surface area contributed by atoms with Crippen molar-refractivity contribution in [3.63, 3.8) is 0 Å². The van der Waals surface area contributed by atoms with Crippen LogP contribution >= 0.6 is 11.8 Å². The van der Waals surface area contributed by atoms with Crippen LogP contribution < -0.4 is 4.84 Å². The molecule has 4 heteroatoms. The molecule has 1 rings (SSSR count). The summed E-state index contributed by atoms with van der Waals surface area (Å²) in [5.41, 5.74) is -0.0394. The number of halogens is 3.